The molecule has 4 N–H and O–H groups in total. The molecule has 0 aromatic rings. The molecule has 0 saturated heterocycles. The van der Waals surface area contributed by atoms with Crippen molar-refractivity contribution in [1.29, 1.82) is 0 Å². The number of hydrogen-bond donors (Lipinski definition) is 4. The fraction of sp³-hybridized carbons (Fsp3) is 0.952. The highest BCUT2D eigenvalue weighted by Gasteiger charge is 2.22. The fourth-order valence-electron chi connectivity index (χ4n) is 10.1. The predicted molar refractivity (Wildman–Crippen MR) is 296 cm³/mol. The van der Waals surface area contributed by atoms with Gasteiger partial charge in [0.25, 0.3) is 0 Å². The predicted octanol–water partition coefficient (Wildman–Crippen LogP) is 19.5. The van der Waals surface area contributed by atoms with E-state index in [0.717, 1.165) is 32.1 Å². The third-order valence-electron chi connectivity index (χ3n) is 14.9. The van der Waals surface area contributed by atoms with Gasteiger partial charge in [-0.1, -0.05) is 347 Å². The van der Waals surface area contributed by atoms with Crippen LogP contribution in [0.4, 0.5) is 0 Å². The van der Waals surface area contributed by atoms with Gasteiger partial charge in [0, 0.05) is 0 Å². The van der Waals surface area contributed by atoms with Crippen LogP contribution in [-0.2, 0) is 4.79 Å². The second kappa shape index (κ2) is 57.7. The van der Waals surface area contributed by atoms with Gasteiger partial charge >= 0.3 is 0 Å². The molecule has 5 heteroatoms. The maximum absolute atomic E-state index is 12.6. The Morgan fingerprint density at radius 2 is 0.582 bits per heavy atom. The molecule has 67 heavy (non-hydrogen) atoms. The van der Waals surface area contributed by atoms with Crippen LogP contribution < -0.4 is 5.32 Å². The average Bonchev–Trinajstić information content (AvgIpc) is 3.33. The van der Waals surface area contributed by atoms with Gasteiger partial charge in [-0.3, -0.25) is 4.79 Å². The van der Waals surface area contributed by atoms with Crippen molar-refractivity contribution >= 4 is 5.91 Å². The smallest absolute Gasteiger partial charge is 0.249 e. The molecule has 0 bridgehead atoms. The van der Waals surface area contributed by atoms with Crippen molar-refractivity contribution in [2.75, 3.05) is 6.61 Å². The van der Waals surface area contributed by atoms with Gasteiger partial charge in [-0.15, -0.1) is 0 Å². The molecular weight excluding hydrogens is 823 g/mol. The van der Waals surface area contributed by atoms with E-state index in [1.165, 1.54) is 302 Å². The molecule has 3 unspecified atom stereocenters. The van der Waals surface area contributed by atoms with E-state index in [-0.39, 0.29) is 6.61 Å². The van der Waals surface area contributed by atoms with Gasteiger partial charge in [0.05, 0.1) is 18.8 Å². The molecular formula is C62H123NO4. The van der Waals surface area contributed by atoms with E-state index >= 15 is 0 Å². The Morgan fingerprint density at radius 1 is 0.358 bits per heavy atom. The topological polar surface area (TPSA) is 89.8 Å². The first-order valence-corrected chi connectivity index (χ1v) is 31.0. The van der Waals surface area contributed by atoms with Crippen molar-refractivity contribution in [3.63, 3.8) is 0 Å². The number of amides is 1. The van der Waals surface area contributed by atoms with E-state index in [2.05, 4.69) is 19.2 Å². The Bertz CT molecular complexity index is 956. The van der Waals surface area contributed by atoms with Crippen LogP contribution in [0, 0.1) is 0 Å². The van der Waals surface area contributed by atoms with Gasteiger partial charge in [-0.05, 0) is 19.3 Å². The van der Waals surface area contributed by atoms with Crippen molar-refractivity contribution < 1.29 is 20.1 Å². The monoisotopic (exact) mass is 946 g/mol. The zero-order chi connectivity index (χ0) is 48.6. The molecule has 5 nitrogen and oxygen atoms in total. The molecule has 0 fully saturated rings. The SMILES string of the molecule is CCCCCCCCCCCCCCCCCCCCCCCCC/C=C/C(O)C(CO)NC(=O)C(O)CCCCCCCCCCCCCCCCCCCCCCCCCCCCCC. The first kappa shape index (κ1) is 66.1. The Kier molecular flexibility index (Phi) is 56.9. The molecule has 0 spiro atoms. The lowest BCUT2D eigenvalue weighted by atomic mass is 10.0. The van der Waals surface area contributed by atoms with Gasteiger partial charge in [0.1, 0.15) is 6.10 Å². The van der Waals surface area contributed by atoms with E-state index in [4.69, 9.17) is 0 Å². The summed E-state index contributed by atoms with van der Waals surface area (Å²) >= 11 is 0. The summed E-state index contributed by atoms with van der Waals surface area (Å²) in [7, 11) is 0. The Balaban J connectivity index is 3.50. The van der Waals surface area contributed by atoms with Crippen molar-refractivity contribution in [1.82, 2.24) is 5.32 Å². The summed E-state index contributed by atoms with van der Waals surface area (Å²) in [4.78, 5) is 12.6. The van der Waals surface area contributed by atoms with Crippen LogP contribution in [0.25, 0.3) is 0 Å². The second-order valence-electron chi connectivity index (χ2n) is 21.6. The van der Waals surface area contributed by atoms with Crippen molar-refractivity contribution in [3.05, 3.63) is 12.2 Å². The van der Waals surface area contributed by atoms with Crippen LogP contribution in [0.15, 0.2) is 12.2 Å². The second-order valence-corrected chi connectivity index (χ2v) is 21.6. The summed E-state index contributed by atoms with van der Waals surface area (Å²) in [6, 6.07) is -0.795. The molecule has 0 rings (SSSR count). The summed E-state index contributed by atoms with van der Waals surface area (Å²) in [6.45, 7) is 4.24. The van der Waals surface area contributed by atoms with Crippen molar-refractivity contribution in [2.45, 2.75) is 372 Å². The molecule has 0 saturated carbocycles. The van der Waals surface area contributed by atoms with Crippen molar-refractivity contribution in [2.24, 2.45) is 0 Å². The lowest BCUT2D eigenvalue weighted by Crippen LogP contribution is -2.48. The molecule has 0 aromatic heterocycles. The largest absolute Gasteiger partial charge is 0.394 e. The van der Waals surface area contributed by atoms with Crippen LogP contribution in [0.5, 0.6) is 0 Å². The summed E-state index contributed by atoms with van der Waals surface area (Å²) in [6.07, 6.45) is 73.2. The van der Waals surface area contributed by atoms with Crippen molar-refractivity contribution in [3.8, 4) is 0 Å². The highest BCUT2D eigenvalue weighted by molar-refractivity contribution is 5.80. The van der Waals surface area contributed by atoms with E-state index in [0.29, 0.717) is 6.42 Å². The Labute approximate surface area is 420 Å². The van der Waals surface area contributed by atoms with E-state index < -0.39 is 24.2 Å². The van der Waals surface area contributed by atoms with Crippen LogP contribution in [0.1, 0.15) is 354 Å². The van der Waals surface area contributed by atoms with E-state index in [1.807, 2.05) is 6.08 Å². The number of unbranched alkanes of at least 4 members (excludes halogenated alkanes) is 50. The zero-order valence-corrected chi connectivity index (χ0v) is 45.8. The molecule has 1 amide bonds. The molecule has 0 aromatic carbocycles. The summed E-state index contributed by atoms with van der Waals surface area (Å²) in [5.74, 6) is -0.494. The Morgan fingerprint density at radius 3 is 0.821 bits per heavy atom. The maximum atomic E-state index is 12.6. The lowest BCUT2D eigenvalue weighted by molar-refractivity contribution is -0.131. The van der Waals surface area contributed by atoms with E-state index in [1.54, 1.807) is 6.08 Å². The number of carbonyl (C=O) groups is 1. The molecule has 3 atom stereocenters. The highest BCUT2D eigenvalue weighted by atomic mass is 16.3. The maximum Gasteiger partial charge on any atom is 0.249 e. The molecule has 0 aliphatic carbocycles. The number of carbonyl (C=O) groups excluding carboxylic acids is 1. The number of nitrogens with one attached hydrogen (secondary N) is 1. The average molecular weight is 947 g/mol. The van der Waals surface area contributed by atoms with Crippen LogP contribution in [0.2, 0.25) is 0 Å². The minimum Gasteiger partial charge on any atom is -0.394 e. The number of aliphatic hydroxyl groups is 3. The van der Waals surface area contributed by atoms with Crippen LogP contribution in [-0.4, -0.2) is 46.1 Å². The summed E-state index contributed by atoms with van der Waals surface area (Å²) in [5.41, 5.74) is 0. The first-order valence-electron chi connectivity index (χ1n) is 31.0. The number of aliphatic hydroxyl groups excluding tert-OH is 3. The third kappa shape index (κ3) is 52.7. The minimum absolute atomic E-state index is 0.358. The molecule has 0 heterocycles. The number of hydrogen-bond acceptors (Lipinski definition) is 4. The number of allylic oxidation sites excluding steroid dienone is 1. The van der Waals surface area contributed by atoms with E-state index in [9.17, 15) is 20.1 Å². The standard InChI is InChI=1S/C62H123NO4/c1-3-5-7-9-11-13-15-17-19-21-23-25-27-29-30-31-33-35-37-39-41-43-45-47-49-51-53-55-57-61(66)62(67)63-59(58-64)60(65)56-54-52-50-48-46-44-42-40-38-36-34-32-28-26-24-22-20-18-16-14-12-10-8-6-4-2/h54,56,59-61,64-66H,3-53,55,57-58H2,1-2H3,(H,63,67)/b56-54+. The molecule has 0 aliphatic heterocycles. The normalized spacial score (nSPS) is 13.2. The first-order chi connectivity index (χ1) is 33.1. The number of rotatable bonds is 58. The van der Waals surface area contributed by atoms with Gasteiger partial charge in [-0.25, -0.2) is 0 Å². The Hall–Kier alpha value is -0.910. The third-order valence-corrected chi connectivity index (χ3v) is 14.9. The van der Waals surface area contributed by atoms with Gasteiger partial charge < -0.3 is 20.6 Å². The van der Waals surface area contributed by atoms with Crippen LogP contribution >= 0.6 is 0 Å². The lowest BCUT2D eigenvalue weighted by Gasteiger charge is -2.21. The van der Waals surface area contributed by atoms with Crippen LogP contribution in [0.3, 0.4) is 0 Å². The summed E-state index contributed by atoms with van der Waals surface area (Å²) in [5, 5.41) is 33.5. The van der Waals surface area contributed by atoms with Gasteiger partial charge in [0.2, 0.25) is 5.91 Å². The quantitative estimate of drug-likeness (QED) is 0.0361. The molecule has 400 valence electrons. The summed E-state index contributed by atoms with van der Waals surface area (Å²) < 4.78 is 0. The van der Waals surface area contributed by atoms with Gasteiger partial charge in [-0.2, -0.15) is 0 Å². The molecule has 0 radical (unpaired) electrons. The van der Waals surface area contributed by atoms with Gasteiger partial charge in [0.15, 0.2) is 0 Å². The highest BCUT2D eigenvalue weighted by Crippen LogP contribution is 2.19. The zero-order valence-electron chi connectivity index (χ0n) is 45.8. The molecule has 0 aliphatic rings. The minimum atomic E-state index is -1.09. The fourth-order valence-corrected chi connectivity index (χ4v) is 10.1.